The Kier molecular flexibility index (Phi) is 6.93. The molecule has 0 saturated carbocycles. The van der Waals surface area contributed by atoms with Crippen LogP contribution in [-0.2, 0) is 13.7 Å². The van der Waals surface area contributed by atoms with Gasteiger partial charge in [0.25, 0.3) is 0 Å². The predicted molar refractivity (Wildman–Crippen MR) is 97.6 cm³/mol. The SMILES string of the molecule is CCCCCC(/C=C/B1OC(C)(C)C(C)(C)O1)O[Si](C)(C)C. The van der Waals surface area contributed by atoms with Gasteiger partial charge < -0.3 is 13.7 Å². The monoisotopic (exact) mass is 326 g/mol. The molecule has 1 rings (SSSR count). The van der Waals surface area contributed by atoms with E-state index in [9.17, 15) is 0 Å². The average molecular weight is 326 g/mol. The van der Waals surface area contributed by atoms with Gasteiger partial charge in [0.2, 0.25) is 0 Å². The molecule has 0 aromatic rings. The zero-order valence-electron chi connectivity index (χ0n) is 15.9. The summed E-state index contributed by atoms with van der Waals surface area (Å²) in [5.41, 5.74) is -0.557. The van der Waals surface area contributed by atoms with Crippen LogP contribution in [0.3, 0.4) is 0 Å². The summed E-state index contributed by atoms with van der Waals surface area (Å²) < 4.78 is 18.3. The van der Waals surface area contributed by atoms with E-state index in [0.717, 1.165) is 6.42 Å². The standard InChI is InChI=1S/C17H35BO3Si/c1-9-10-11-12-15(19-22(6,7)8)13-14-18-20-16(2,3)17(4,5)21-18/h13-15H,9-12H2,1-8H3/b14-13+. The molecule has 5 heteroatoms. The van der Waals surface area contributed by atoms with Crippen molar-refractivity contribution in [2.75, 3.05) is 0 Å². The molecule has 1 unspecified atom stereocenters. The molecule has 1 heterocycles. The molecular formula is C17H35BO3Si. The summed E-state index contributed by atoms with van der Waals surface area (Å²) in [6.07, 6.45) is 7.11. The molecule has 1 atom stereocenters. The van der Waals surface area contributed by atoms with Crippen molar-refractivity contribution in [3.8, 4) is 0 Å². The Balaban J connectivity index is 2.65. The highest BCUT2D eigenvalue weighted by Crippen LogP contribution is 2.37. The van der Waals surface area contributed by atoms with Crippen LogP contribution in [-0.4, -0.2) is 32.7 Å². The summed E-state index contributed by atoms with van der Waals surface area (Å²) in [7, 11) is -1.82. The van der Waals surface area contributed by atoms with Crippen molar-refractivity contribution in [1.29, 1.82) is 0 Å². The second kappa shape index (κ2) is 7.65. The fourth-order valence-electron chi connectivity index (χ4n) is 2.43. The minimum absolute atomic E-state index is 0.178. The van der Waals surface area contributed by atoms with Crippen LogP contribution in [0.4, 0.5) is 0 Å². The third-order valence-electron chi connectivity index (χ3n) is 4.35. The maximum atomic E-state index is 6.29. The number of hydrogen-bond acceptors (Lipinski definition) is 3. The van der Waals surface area contributed by atoms with Crippen LogP contribution < -0.4 is 0 Å². The van der Waals surface area contributed by atoms with Crippen molar-refractivity contribution in [3.05, 3.63) is 12.1 Å². The van der Waals surface area contributed by atoms with Gasteiger partial charge >= 0.3 is 7.12 Å². The van der Waals surface area contributed by atoms with Crippen LogP contribution in [0.15, 0.2) is 12.1 Å². The van der Waals surface area contributed by atoms with E-state index in [0.29, 0.717) is 0 Å². The number of rotatable bonds is 8. The zero-order chi connectivity index (χ0) is 17.0. The van der Waals surface area contributed by atoms with E-state index in [1.54, 1.807) is 0 Å². The quantitative estimate of drug-likeness (QED) is 0.465. The van der Waals surface area contributed by atoms with Crippen molar-refractivity contribution >= 4 is 15.4 Å². The summed E-state index contributed by atoms with van der Waals surface area (Å²) in [6, 6.07) is 0. The van der Waals surface area contributed by atoms with Gasteiger partial charge in [0.15, 0.2) is 8.32 Å². The number of hydrogen-bond donors (Lipinski definition) is 0. The van der Waals surface area contributed by atoms with Crippen molar-refractivity contribution in [3.63, 3.8) is 0 Å². The molecule has 0 spiro atoms. The molecule has 0 aromatic carbocycles. The molecule has 1 fully saturated rings. The lowest BCUT2D eigenvalue weighted by Gasteiger charge is -2.32. The first-order chi connectivity index (χ1) is 9.97. The van der Waals surface area contributed by atoms with Crippen molar-refractivity contribution < 1.29 is 13.7 Å². The van der Waals surface area contributed by atoms with Crippen molar-refractivity contribution in [1.82, 2.24) is 0 Å². The molecule has 128 valence electrons. The first kappa shape index (κ1) is 19.9. The van der Waals surface area contributed by atoms with Gasteiger partial charge in [-0.25, -0.2) is 0 Å². The topological polar surface area (TPSA) is 27.7 Å². The van der Waals surface area contributed by atoms with Crippen LogP contribution in [0.2, 0.25) is 19.6 Å². The van der Waals surface area contributed by atoms with E-state index < -0.39 is 8.32 Å². The van der Waals surface area contributed by atoms with Crippen LogP contribution in [0.25, 0.3) is 0 Å². The fourth-order valence-corrected chi connectivity index (χ4v) is 3.53. The summed E-state index contributed by atoms with van der Waals surface area (Å²) in [5, 5.41) is 0. The Morgan fingerprint density at radius 1 is 1.05 bits per heavy atom. The normalized spacial score (nSPS) is 22.5. The lowest BCUT2D eigenvalue weighted by molar-refractivity contribution is 0.00578. The first-order valence-electron chi connectivity index (χ1n) is 8.68. The van der Waals surface area contributed by atoms with Crippen LogP contribution in [0.5, 0.6) is 0 Å². The Labute approximate surface area is 139 Å². The largest absolute Gasteiger partial charge is 0.486 e. The number of unbranched alkanes of at least 4 members (excludes halogenated alkanes) is 2. The molecular weight excluding hydrogens is 291 g/mol. The third kappa shape index (κ3) is 6.19. The fraction of sp³-hybridized carbons (Fsp3) is 0.882. The van der Waals surface area contributed by atoms with Gasteiger partial charge in [0, 0.05) is 0 Å². The molecule has 22 heavy (non-hydrogen) atoms. The maximum Gasteiger partial charge on any atom is 0.486 e. The van der Waals surface area contributed by atoms with E-state index in [4.69, 9.17) is 13.7 Å². The molecule has 0 aromatic heterocycles. The van der Waals surface area contributed by atoms with Gasteiger partial charge in [-0.3, -0.25) is 0 Å². The summed E-state index contributed by atoms with van der Waals surface area (Å²) in [6.45, 7) is 17.3. The Morgan fingerprint density at radius 3 is 2.05 bits per heavy atom. The minimum Gasteiger partial charge on any atom is -0.411 e. The van der Waals surface area contributed by atoms with Crippen molar-refractivity contribution in [2.24, 2.45) is 0 Å². The van der Waals surface area contributed by atoms with Crippen LogP contribution in [0, 0.1) is 0 Å². The average Bonchev–Trinajstić information content (AvgIpc) is 2.53. The van der Waals surface area contributed by atoms with E-state index >= 15 is 0 Å². The Bertz CT molecular complexity index is 359. The van der Waals surface area contributed by atoms with Gasteiger partial charge in [-0.05, 0) is 53.8 Å². The molecule has 1 saturated heterocycles. The molecule has 1 aliphatic heterocycles. The second-order valence-electron chi connectivity index (χ2n) is 8.27. The van der Waals surface area contributed by atoms with Gasteiger partial charge in [0.1, 0.15) is 0 Å². The highest BCUT2D eigenvalue weighted by molar-refractivity contribution is 6.69. The first-order valence-corrected chi connectivity index (χ1v) is 12.1. The van der Waals surface area contributed by atoms with Gasteiger partial charge in [0.05, 0.1) is 17.3 Å². The molecule has 1 aliphatic rings. The molecule has 0 bridgehead atoms. The van der Waals surface area contributed by atoms with Gasteiger partial charge in [-0.15, -0.1) is 0 Å². The van der Waals surface area contributed by atoms with Gasteiger partial charge in [-0.1, -0.05) is 38.2 Å². The van der Waals surface area contributed by atoms with E-state index in [1.807, 2.05) is 5.98 Å². The van der Waals surface area contributed by atoms with Gasteiger partial charge in [-0.2, -0.15) is 0 Å². The maximum absolute atomic E-state index is 6.29. The third-order valence-corrected chi connectivity index (χ3v) is 5.36. The highest BCUT2D eigenvalue weighted by atomic mass is 28.4. The van der Waals surface area contributed by atoms with Crippen LogP contribution >= 0.6 is 0 Å². The minimum atomic E-state index is -1.55. The van der Waals surface area contributed by atoms with E-state index in [-0.39, 0.29) is 24.4 Å². The Hall–Kier alpha value is -0.0982. The lowest BCUT2D eigenvalue weighted by atomic mass is 9.89. The van der Waals surface area contributed by atoms with E-state index in [1.165, 1.54) is 19.3 Å². The van der Waals surface area contributed by atoms with Crippen LogP contribution in [0.1, 0.15) is 60.3 Å². The summed E-state index contributed by atoms with van der Waals surface area (Å²) >= 11 is 0. The summed E-state index contributed by atoms with van der Waals surface area (Å²) in [4.78, 5) is 0. The second-order valence-corrected chi connectivity index (χ2v) is 12.7. The molecule has 0 N–H and O–H groups in total. The molecule has 0 aliphatic carbocycles. The molecule has 3 nitrogen and oxygen atoms in total. The lowest BCUT2D eigenvalue weighted by Crippen LogP contribution is -2.41. The summed E-state index contributed by atoms with van der Waals surface area (Å²) in [5.74, 6) is 2.03. The molecule has 0 amide bonds. The van der Waals surface area contributed by atoms with E-state index in [2.05, 4.69) is 60.3 Å². The zero-order valence-corrected chi connectivity index (χ0v) is 16.9. The molecule has 0 radical (unpaired) electrons. The van der Waals surface area contributed by atoms with Crippen molar-refractivity contribution in [2.45, 2.75) is 97.2 Å². The Morgan fingerprint density at radius 2 is 1.59 bits per heavy atom. The predicted octanol–water partition coefficient (Wildman–Crippen LogP) is 4.97. The smallest absolute Gasteiger partial charge is 0.411 e. The highest BCUT2D eigenvalue weighted by Gasteiger charge is 2.50.